The largest absolute Gasteiger partial charge is 0.481 e. The van der Waals surface area contributed by atoms with Gasteiger partial charge in [0.25, 0.3) is 0 Å². The molecule has 1 aromatic heterocycles. The first-order valence-corrected chi connectivity index (χ1v) is 8.44. The Bertz CT molecular complexity index is 685. The Morgan fingerprint density at radius 3 is 2.61 bits per heavy atom. The topological polar surface area (TPSA) is 53.4 Å². The average molecular weight is 375 g/mol. The van der Waals surface area contributed by atoms with Crippen molar-refractivity contribution in [1.82, 2.24) is 9.88 Å². The molecular weight excluding hydrogens is 356 g/mol. The lowest BCUT2D eigenvalue weighted by Crippen LogP contribution is -2.23. The molecule has 1 N–H and O–H groups in total. The molecule has 0 saturated carbocycles. The Balaban J connectivity index is 1.76. The number of aliphatic carboxylic acids is 1. The lowest BCUT2D eigenvalue weighted by molar-refractivity contribution is -0.141. The number of pyridine rings is 1. The second-order valence-corrected chi connectivity index (χ2v) is 7.04. The summed E-state index contributed by atoms with van der Waals surface area (Å²) in [5, 5.41) is 9.57. The number of benzene rings is 1. The van der Waals surface area contributed by atoms with Crippen molar-refractivity contribution in [1.29, 1.82) is 0 Å². The molecule has 1 aliphatic rings. The van der Waals surface area contributed by atoms with E-state index in [2.05, 4.69) is 25.8 Å². The van der Waals surface area contributed by atoms with Gasteiger partial charge in [0.1, 0.15) is 0 Å². The third-order valence-corrected chi connectivity index (χ3v) is 4.90. The number of rotatable bonds is 4. The summed E-state index contributed by atoms with van der Waals surface area (Å²) in [5.74, 6) is -1.08. The Kier molecular flexibility index (Phi) is 4.78. The zero-order valence-corrected chi connectivity index (χ0v) is 14.5. The molecule has 0 bridgehead atoms. The van der Waals surface area contributed by atoms with Crippen LogP contribution in [0.1, 0.15) is 22.7 Å². The van der Waals surface area contributed by atoms with Crippen molar-refractivity contribution in [2.45, 2.75) is 19.4 Å². The van der Waals surface area contributed by atoms with Gasteiger partial charge in [0.05, 0.1) is 11.6 Å². The highest BCUT2D eigenvalue weighted by Gasteiger charge is 2.38. The predicted octanol–water partition coefficient (Wildman–Crippen LogP) is 3.45. The van der Waals surface area contributed by atoms with Crippen LogP contribution in [-0.2, 0) is 11.3 Å². The van der Waals surface area contributed by atoms with Gasteiger partial charge in [-0.25, -0.2) is 0 Å². The lowest BCUT2D eigenvalue weighted by Gasteiger charge is -2.16. The van der Waals surface area contributed by atoms with Crippen LogP contribution in [0.15, 0.2) is 47.1 Å². The van der Waals surface area contributed by atoms with E-state index in [4.69, 9.17) is 0 Å². The summed E-state index contributed by atoms with van der Waals surface area (Å²) in [6, 6.07) is 12.0. The number of aryl methyl sites for hydroxylation is 1. The van der Waals surface area contributed by atoms with Crippen LogP contribution in [0.25, 0.3) is 0 Å². The van der Waals surface area contributed by atoms with Crippen molar-refractivity contribution in [2.24, 2.45) is 5.92 Å². The number of hydrogen-bond acceptors (Lipinski definition) is 3. The molecule has 5 heteroatoms. The highest BCUT2D eigenvalue weighted by atomic mass is 79.9. The molecule has 0 radical (unpaired) electrons. The van der Waals surface area contributed by atoms with E-state index in [9.17, 15) is 9.90 Å². The van der Waals surface area contributed by atoms with Crippen LogP contribution in [0.3, 0.4) is 0 Å². The van der Waals surface area contributed by atoms with Gasteiger partial charge >= 0.3 is 5.97 Å². The Labute approximate surface area is 144 Å². The maximum atomic E-state index is 11.6. The van der Waals surface area contributed by atoms with Crippen LogP contribution >= 0.6 is 15.9 Å². The van der Waals surface area contributed by atoms with E-state index in [0.29, 0.717) is 13.1 Å². The molecule has 1 saturated heterocycles. The number of halogens is 1. The third kappa shape index (κ3) is 3.79. The molecule has 1 aromatic carbocycles. The molecular formula is C18H19BrN2O2. The van der Waals surface area contributed by atoms with Gasteiger partial charge in [0.15, 0.2) is 0 Å². The smallest absolute Gasteiger partial charge is 0.308 e. The summed E-state index contributed by atoms with van der Waals surface area (Å²) >= 11 is 3.42. The molecule has 3 rings (SSSR count). The number of nitrogens with zero attached hydrogens (tertiary/aromatic N) is 2. The van der Waals surface area contributed by atoms with E-state index in [-0.39, 0.29) is 11.8 Å². The summed E-state index contributed by atoms with van der Waals surface area (Å²) in [7, 11) is 0. The minimum Gasteiger partial charge on any atom is -0.481 e. The molecule has 120 valence electrons. The summed E-state index contributed by atoms with van der Waals surface area (Å²) in [6.07, 6.45) is 1.85. The maximum Gasteiger partial charge on any atom is 0.308 e. The molecule has 2 aromatic rings. The average Bonchev–Trinajstić information content (AvgIpc) is 2.94. The molecule has 1 fully saturated rings. The Morgan fingerprint density at radius 1 is 1.26 bits per heavy atom. The van der Waals surface area contributed by atoms with E-state index in [1.54, 1.807) is 0 Å². The lowest BCUT2D eigenvalue weighted by atomic mass is 9.89. The van der Waals surface area contributed by atoms with Gasteiger partial charge < -0.3 is 5.11 Å². The maximum absolute atomic E-state index is 11.6. The van der Waals surface area contributed by atoms with Crippen molar-refractivity contribution in [2.75, 3.05) is 13.1 Å². The molecule has 0 unspecified atom stereocenters. The Morgan fingerprint density at radius 2 is 2.00 bits per heavy atom. The normalized spacial score (nSPS) is 21.5. The van der Waals surface area contributed by atoms with Gasteiger partial charge in [-0.05, 0) is 36.2 Å². The van der Waals surface area contributed by atoms with Crippen LogP contribution in [0.5, 0.6) is 0 Å². The standard InChI is InChI=1S/C18H19BrN2O2/c1-12-2-7-15(20-8-12)9-21-10-16(17(11-21)18(22)23)13-3-5-14(19)6-4-13/h2-8,16-17H,9-11H2,1H3,(H,22,23)/t16-,17+/m0/s1. The molecule has 2 atom stereocenters. The number of carbonyl (C=O) groups is 1. The van der Waals surface area contributed by atoms with E-state index in [0.717, 1.165) is 27.8 Å². The number of likely N-dealkylation sites (tertiary alicyclic amines) is 1. The second kappa shape index (κ2) is 6.81. The quantitative estimate of drug-likeness (QED) is 0.890. The fourth-order valence-electron chi connectivity index (χ4n) is 3.13. The first kappa shape index (κ1) is 16.1. The summed E-state index contributed by atoms with van der Waals surface area (Å²) < 4.78 is 1.01. The third-order valence-electron chi connectivity index (χ3n) is 4.37. The first-order valence-electron chi connectivity index (χ1n) is 7.65. The highest BCUT2D eigenvalue weighted by Crippen LogP contribution is 2.34. The van der Waals surface area contributed by atoms with Crippen molar-refractivity contribution in [3.8, 4) is 0 Å². The summed E-state index contributed by atoms with van der Waals surface area (Å²) in [5.41, 5.74) is 3.20. The zero-order chi connectivity index (χ0) is 16.4. The SMILES string of the molecule is Cc1ccc(CN2C[C@@H](C(=O)O)[C@H](c3ccc(Br)cc3)C2)nc1. The fraction of sp³-hybridized carbons (Fsp3) is 0.333. The predicted molar refractivity (Wildman–Crippen MR) is 92.3 cm³/mol. The van der Waals surface area contributed by atoms with E-state index >= 15 is 0 Å². The molecule has 0 amide bonds. The van der Waals surface area contributed by atoms with Crippen LogP contribution < -0.4 is 0 Å². The van der Waals surface area contributed by atoms with Gasteiger partial charge in [0.2, 0.25) is 0 Å². The number of aromatic nitrogens is 1. The minimum absolute atomic E-state index is 0.0195. The molecule has 2 heterocycles. The van der Waals surface area contributed by atoms with Gasteiger partial charge in [-0.15, -0.1) is 0 Å². The fourth-order valence-corrected chi connectivity index (χ4v) is 3.40. The van der Waals surface area contributed by atoms with E-state index < -0.39 is 5.97 Å². The van der Waals surface area contributed by atoms with Crippen molar-refractivity contribution < 1.29 is 9.90 Å². The van der Waals surface area contributed by atoms with Gasteiger partial charge in [-0.1, -0.05) is 34.1 Å². The second-order valence-electron chi connectivity index (χ2n) is 6.12. The van der Waals surface area contributed by atoms with Crippen molar-refractivity contribution in [3.05, 3.63) is 63.9 Å². The van der Waals surface area contributed by atoms with Crippen LogP contribution in [-0.4, -0.2) is 34.0 Å². The van der Waals surface area contributed by atoms with Crippen LogP contribution in [0, 0.1) is 12.8 Å². The summed E-state index contributed by atoms with van der Waals surface area (Å²) in [6.45, 7) is 4.01. The van der Waals surface area contributed by atoms with Crippen LogP contribution in [0.2, 0.25) is 0 Å². The summed E-state index contributed by atoms with van der Waals surface area (Å²) in [4.78, 5) is 18.3. The number of hydrogen-bond donors (Lipinski definition) is 1. The monoisotopic (exact) mass is 374 g/mol. The highest BCUT2D eigenvalue weighted by molar-refractivity contribution is 9.10. The minimum atomic E-state index is -0.725. The molecule has 4 nitrogen and oxygen atoms in total. The Hall–Kier alpha value is -1.72. The van der Waals surface area contributed by atoms with Crippen molar-refractivity contribution in [3.63, 3.8) is 0 Å². The molecule has 23 heavy (non-hydrogen) atoms. The first-order chi connectivity index (χ1) is 11.0. The van der Waals surface area contributed by atoms with Gasteiger partial charge in [-0.3, -0.25) is 14.7 Å². The zero-order valence-electron chi connectivity index (χ0n) is 12.9. The van der Waals surface area contributed by atoms with Gasteiger partial charge in [-0.2, -0.15) is 0 Å². The van der Waals surface area contributed by atoms with Crippen molar-refractivity contribution >= 4 is 21.9 Å². The molecule has 1 aliphatic heterocycles. The van der Waals surface area contributed by atoms with E-state index in [1.807, 2.05) is 49.5 Å². The number of carboxylic acids is 1. The van der Waals surface area contributed by atoms with Crippen LogP contribution in [0.4, 0.5) is 0 Å². The molecule has 0 spiro atoms. The van der Waals surface area contributed by atoms with Gasteiger partial charge in [0, 0.05) is 36.2 Å². The number of carboxylic acid groups (broad SMARTS) is 1. The van der Waals surface area contributed by atoms with E-state index in [1.165, 1.54) is 0 Å². The molecule has 0 aliphatic carbocycles.